The molecule has 0 amide bonds. The van der Waals surface area contributed by atoms with E-state index in [1.165, 1.54) is 6.42 Å². The van der Waals surface area contributed by atoms with E-state index in [0.717, 1.165) is 19.3 Å². The molecule has 0 aromatic carbocycles. The molecule has 0 bridgehead atoms. The Hall–Kier alpha value is 0.200. The van der Waals surface area contributed by atoms with Gasteiger partial charge in [0.25, 0.3) is 0 Å². The molecule has 0 spiro atoms. The van der Waals surface area contributed by atoms with Crippen molar-refractivity contribution in [1.82, 2.24) is 4.72 Å². The normalized spacial score (nSPS) is 20.4. The number of sulfonamides is 1. The molecule has 5 heteroatoms. The van der Waals surface area contributed by atoms with Crippen LogP contribution in [-0.2, 0) is 10.0 Å². The first-order valence-corrected chi connectivity index (χ1v) is 7.26. The van der Waals surface area contributed by atoms with Gasteiger partial charge >= 0.3 is 0 Å². The minimum atomic E-state index is -3.13. The minimum absolute atomic E-state index is 0.0222. The van der Waals surface area contributed by atoms with Crippen molar-refractivity contribution in [1.29, 1.82) is 0 Å². The molecule has 1 fully saturated rings. The quantitative estimate of drug-likeness (QED) is 0.718. The van der Waals surface area contributed by atoms with Crippen molar-refractivity contribution < 1.29 is 8.42 Å². The smallest absolute Gasteiger partial charge is 0.212 e. The van der Waals surface area contributed by atoms with Crippen molar-refractivity contribution in [3.63, 3.8) is 0 Å². The minimum Gasteiger partial charge on any atom is -0.215 e. The second kappa shape index (κ2) is 4.81. The third-order valence-corrected chi connectivity index (χ3v) is 4.92. The summed E-state index contributed by atoms with van der Waals surface area (Å²) in [4.78, 5) is 0. The summed E-state index contributed by atoms with van der Waals surface area (Å²) in [5.41, 5.74) is 0.235. The molecule has 0 aromatic heterocycles. The molecule has 0 heterocycles. The molecule has 0 aromatic rings. The van der Waals surface area contributed by atoms with Crippen LogP contribution in [0.3, 0.4) is 0 Å². The standard InChI is InChI=1S/C9H18ClNO2S/c1-2-9(4-3-5-9)8-11-14(12,13)7-6-10/h11H,2-8H2,1H3. The molecule has 1 aliphatic carbocycles. The van der Waals surface area contributed by atoms with Gasteiger partial charge in [0.2, 0.25) is 10.0 Å². The topological polar surface area (TPSA) is 46.2 Å². The summed E-state index contributed by atoms with van der Waals surface area (Å²) in [6.45, 7) is 2.71. The maximum atomic E-state index is 11.3. The molecule has 1 saturated carbocycles. The maximum absolute atomic E-state index is 11.3. The van der Waals surface area contributed by atoms with Crippen molar-refractivity contribution >= 4 is 21.6 Å². The van der Waals surface area contributed by atoms with Crippen molar-refractivity contribution in [3.05, 3.63) is 0 Å². The molecule has 0 aliphatic heterocycles. The number of hydrogen-bond acceptors (Lipinski definition) is 2. The summed E-state index contributed by atoms with van der Waals surface area (Å²) < 4.78 is 25.3. The molecule has 1 aliphatic rings. The first-order chi connectivity index (χ1) is 6.54. The van der Waals surface area contributed by atoms with Gasteiger partial charge in [0, 0.05) is 12.4 Å². The van der Waals surface area contributed by atoms with Gasteiger partial charge in [-0.25, -0.2) is 13.1 Å². The summed E-state index contributed by atoms with van der Waals surface area (Å²) in [5, 5.41) is 0. The first-order valence-electron chi connectivity index (χ1n) is 5.07. The number of rotatable bonds is 6. The lowest BCUT2D eigenvalue weighted by Gasteiger charge is -2.41. The van der Waals surface area contributed by atoms with Crippen LogP contribution in [0.1, 0.15) is 32.6 Å². The van der Waals surface area contributed by atoms with Crippen LogP contribution in [0.5, 0.6) is 0 Å². The van der Waals surface area contributed by atoms with E-state index in [1.807, 2.05) is 0 Å². The zero-order chi connectivity index (χ0) is 10.7. The average molecular weight is 240 g/mol. The van der Waals surface area contributed by atoms with Crippen molar-refractivity contribution in [2.45, 2.75) is 32.6 Å². The third kappa shape index (κ3) is 3.11. The maximum Gasteiger partial charge on any atom is 0.212 e. The van der Waals surface area contributed by atoms with Gasteiger partial charge in [-0.2, -0.15) is 0 Å². The van der Waals surface area contributed by atoms with Crippen LogP contribution in [0.15, 0.2) is 0 Å². The molecule has 0 atom stereocenters. The van der Waals surface area contributed by atoms with Gasteiger partial charge in [-0.3, -0.25) is 0 Å². The lowest BCUT2D eigenvalue weighted by Crippen LogP contribution is -2.42. The fourth-order valence-electron chi connectivity index (χ4n) is 1.77. The molecule has 1 rings (SSSR count). The van der Waals surface area contributed by atoms with Crippen LogP contribution in [-0.4, -0.2) is 26.6 Å². The lowest BCUT2D eigenvalue weighted by atomic mass is 9.67. The van der Waals surface area contributed by atoms with E-state index in [-0.39, 0.29) is 17.0 Å². The van der Waals surface area contributed by atoms with Crippen LogP contribution in [0, 0.1) is 5.41 Å². The van der Waals surface area contributed by atoms with E-state index in [1.54, 1.807) is 0 Å². The highest BCUT2D eigenvalue weighted by molar-refractivity contribution is 7.89. The van der Waals surface area contributed by atoms with Gasteiger partial charge in [-0.05, 0) is 24.7 Å². The summed E-state index contributed by atoms with van der Waals surface area (Å²) in [6, 6.07) is 0. The van der Waals surface area contributed by atoms with Gasteiger partial charge in [-0.15, -0.1) is 11.6 Å². The zero-order valence-electron chi connectivity index (χ0n) is 8.55. The predicted octanol–water partition coefficient (Wildman–Crippen LogP) is 1.72. The number of nitrogens with one attached hydrogen (secondary N) is 1. The average Bonchev–Trinajstić information content (AvgIpc) is 2.03. The highest BCUT2D eigenvalue weighted by Crippen LogP contribution is 2.43. The van der Waals surface area contributed by atoms with Gasteiger partial charge in [0.1, 0.15) is 0 Å². The monoisotopic (exact) mass is 239 g/mol. The Kier molecular flexibility index (Phi) is 4.22. The summed E-state index contributed by atoms with van der Waals surface area (Å²) >= 11 is 5.40. The largest absolute Gasteiger partial charge is 0.215 e. The predicted molar refractivity (Wildman–Crippen MR) is 59.1 cm³/mol. The van der Waals surface area contributed by atoms with E-state index in [9.17, 15) is 8.42 Å². The number of alkyl halides is 1. The fraction of sp³-hybridized carbons (Fsp3) is 1.00. The molecule has 0 radical (unpaired) electrons. The van der Waals surface area contributed by atoms with E-state index >= 15 is 0 Å². The molecule has 3 nitrogen and oxygen atoms in total. The van der Waals surface area contributed by atoms with Gasteiger partial charge in [0.15, 0.2) is 0 Å². The Labute approximate surface area is 91.3 Å². The Bertz CT molecular complexity index is 267. The van der Waals surface area contributed by atoms with E-state index in [4.69, 9.17) is 11.6 Å². The van der Waals surface area contributed by atoms with Gasteiger partial charge < -0.3 is 0 Å². The molecule has 1 N–H and O–H groups in total. The van der Waals surface area contributed by atoms with Gasteiger partial charge in [-0.1, -0.05) is 13.3 Å². The van der Waals surface area contributed by atoms with Crippen molar-refractivity contribution in [2.75, 3.05) is 18.2 Å². The second-order valence-electron chi connectivity index (χ2n) is 4.04. The van der Waals surface area contributed by atoms with Crippen molar-refractivity contribution in [3.8, 4) is 0 Å². The van der Waals surface area contributed by atoms with E-state index in [0.29, 0.717) is 6.54 Å². The van der Waals surface area contributed by atoms with Crippen LogP contribution >= 0.6 is 11.6 Å². The SMILES string of the molecule is CCC1(CNS(=O)(=O)CCCl)CCC1. The van der Waals surface area contributed by atoms with Crippen molar-refractivity contribution in [2.24, 2.45) is 5.41 Å². The Balaban J connectivity index is 2.39. The van der Waals surface area contributed by atoms with E-state index < -0.39 is 10.0 Å². The fourth-order valence-corrected chi connectivity index (χ4v) is 3.25. The Morgan fingerprint density at radius 1 is 1.43 bits per heavy atom. The molecular formula is C9H18ClNO2S. The van der Waals surface area contributed by atoms with Crippen LogP contribution in [0.2, 0.25) is 0 Å². The summed E-state index contributed by atoms with van der Waals surface area (Å²) in [7, 11) is -3.13. The molecule has 84 valence electrons. The molecule has 14 heavy (non-hydrogen) atoms. The zero-order valence-corrected chi connectivity index (χ0v) is 10.1. The van der Waals surface area contributed by atoms with E-state index in [2.05, 4.69) is 11.6 Å². The molecule has 0 saturated heterocycles. The highest BCUT2D eigenvalue weighted by Gasteiger charge is 2.35. The summed E-state index contributed by atoms with van der Waals surface area (Å²) in [6.07, 6.45) is 4.57. The lowest BCUT2D eigenvalue weighted by molar-refractivity contribution is 0.133. The van der Waals surface area contributed by atoms with Crippen LogP contribution in [0.4, 0.5) is 0 Å². The van der Waals surface area contributed by atoms with Crippen LogP contribution < -0.4 is 4.72 Å². The highest BCUT2D eigenvalue weighted by atomic mass is 35.5. The second-order valence-corrected chi connectivity index (χ2v) is 6.34. The first kappa shape index (κ1) is 12.3. The Morgan fingerprint density at radius 3 is 2.43 bits per heavy atom. The van der Waals surface area contributed by atoms with Gasteiger partial charge in [0.05, 0.1) is 5.75 Å². The van der Waals surface area contributed by atoms with Crippen LogP contribution in [0.25, 0.3) is 0 Å². The molecular weight excluding hydrogens is 222 g/mol. The number of halogens is 1. The molecule has 0 unspecified atom stereocenters. The Morgan fingerprint density at radius 2 is 2.07 bits per heavy atom. The summed E-state index contributed by atoms with van der Waals surface area (Å²) in [5.74, 6) is 0.183. The third-order valence-electron chi connectivity index (χ3n) is 3.18. The number of hydrogen-bond donors (Lipinski definition) is 1.